The Kier molecular flexibility index (Phi) is 6.19. The van der Waals surface area contributed by atoms with Crippen LogP contribution in [0.25, 0.3) is 0 Å². The van der Waals surface area contributed by atoms with Crippen LogP contribution in [0.4, 0.5) is 17.1 Å². The predicted octanol–water partition coefficient (Wildman–Crippen LogP) is 3.44. The van der Waals surface area contributed by atoms with Crippen LogP contribution in [0.5, 0.6) is 0 Å². The number of hydrogen-bond donors (Lipinski definition) is 1. The molecule has 0 aliphatic heterocycles. The fourth-order valence-electron chi connectivity index (χ4n) is 2.60. The maximum absolute atomic E-state index is 12.3. The van der Waals surface area contributed by atoms with Crippen molar-refractivity contribution in [3.63, 3.8) is 0 Å². The van der Waals surface area contributed by atoms with Crippen molar-refractivity contribution in [3.8, 4) is 0 Å². The van der Waals surface area contributed by atoms with Gasteiger partial charge in [0, 0.05) is 24.2 Å². The van der Waals surface area contributed by atoms with E-state index in [9.17, 15) is 25.0 Å². The molecule has 9 heteroatoms. The number of nitro benzene ring substituents is 2. The molecular formula is C18H20N4O5. The first-order valence-corrected chi connectivity index (χ1v) is 8.18. The van der Waals surface area contributed by atoms with Gasteiger partial charge in [-0.2, -0.15) is 0 Å². The summed E-state index contributed by atoms with van der Waals surface area (Å²) in [5.41, 5.74) is 1.36. The van der Waals surface area contributed by atoms with Crippen molar-refractivity contribution < 1.29 is 14.6 Å². The number of nitrogens with one attached hydrogen (secondary N) is 1. The first-order chi connectivity index (χ1) is 12.7. The molecule has 0 radical (unpaired) electrons. The van der Waals surface area contributed by atoms with Crippen LogP contribution < -0.4 is 5.32 Å². The normalized spacial score (nSPS) is 11.9. The third-order valence-corrected chi connectivity index (χ3v) is 4.24. The smallest absolute Gasteiger partial charge is 0.293 e. The van der Waals surface area contributed by atoms with E-state index in [4.69, 9.17) is 0 Å². The fourth-order valence-corrected chi connectivity index (χ4v) is 2.60. The van der Waals surface area contributed by atoms with Gasteiger partial charge in [0.15, 0.2) is 0 Å². The first-order valence-electron chi connectivity index (χ1n) is 8.18. The standard InChI is InChI=1S/C18H20N4O5/c1-12-7-8-16(17(9-12)22(26)27)19-18(23)11-20(3)13(2)14-5-4-6-15(10-14)21(24)25/h4-10,13H,11H2,1-3H3,(H,19,23). The average molecular weight is 372 g/mol. The summed E-state index contributed by atoms with van der Waals surface area (Å²) in [6.07, 6.45) is 0. The molecule has 1 atom stereocenters. The summed E-state index contributed by atoms with van der Waals surface area (Å²) in [6.45, 7) is 3.52. The summed E-state index contributed by atoms with van der Waals surface area (Å²) < 4.78 is 0. The van der Waals surface area contributed by atoms with Gasteiger partial charge in [0.2, 0.25) is 5.91 Å². The zero-order chi connectivity index (χ0) is 20.1. The molecule has 0 saturated heterocycles. The number of nitro groups is 2. The summed E-state index contributed by atoms with van der Waals surface area (Å²) in [4.78, 5) is 35.1. The summed E-state index contributed by atoms with van der Waals surface area (Å²) >= 11 is 0. The van der Waals surface area contributed by atoms with E-state index in [1.54, 1.807) is 37.1 Å². The molecule has 0 aromatic heterocycles. The van der Waals surface area contributed by atoms with E-state index in [2.05, 4.69) is 5.32 Å². The van der Waals surface area contributed by atoms with E-state index in [-0.39, 0.29) is 29.6 Å². The van der Waals surface area contributed by atoms with Gasteiger partial charge in [-0.3, -0.25) is 29.9 Å². The van der Waals surface area contributed by atoms with Crippen LogP contribution in [-0.2, 0) is 4.79 Å². The van der Waals surface area contributed by atoms with Gasteiger partial charge in [0.1, 0.15) is 5.69 Å². The lowest BCUT2D eigenvalue weighted by Gasteiger charge is -2.24. The lowest BCUT2D eigenvalue weighted by molar-refractivity contribution is -0.385. The first kappa shape index (κ1) is 20.0. The quantitative estimate of drug-likeness (QED) is 0.587. The Bertz CT molecular complexity index is 884. The zero-order valence-corrected chi connectivity index (χ0v) is 15.2. The summed E-state index contributed by atoms with van der Waals surface area (Å²) in [5, 5.41) is 24.6. The lowest BCUT2D eigenvalue weighted by Crippen LogP contribution is -2.32. The Morgan fingerprint density at radius 1 is 1.15 bits per heavy atom. The highest BCUT2D eigenvalue weighted by Crippen LogP contribution is 2.26. The van der Waals surface area contributed by atoms with Gasteiger partial charge in [0.05, 0.1) is 16.4 Å². The average Bonchev–Trinajstić information content (AvgIpc) is 2.62. The molecule has 142 valence electrons. The topological polar surface area (TPSA) is 119 Å². The second-order valence-corrected chi connectivity index (χ2v) is 6.27. The van der Waals surface area contributed by atoms with E-state index in [1.807, 2.05) is 6.92 Å². The molecule has 0 aliphatic rings. The van der Waals surface area contributed by atoms with Gasteiger partial charge in [-0.05, 0) is 38.1 Å². The highest BCUT2D eigenvalue weighted by Gasteiger charge is 2.20. The number of likely N-dealkylation sites (N-methyl/N-ethyl adjacent to an activating group) is 1. The van der Waals surface area contributed by atoms with Crippen molar-refractivity contribution in [2.24, 2.45) is 0 Å². The van der Waals surface area contributed by atoms with Crippen molar-refractivity contribution >= 4 is 23.0 Å². The Morgan fingerprint density at radius 2 is 1.85 bits per heavy atom. The van der Waals surface area contributed by atoms with Crippen LogP contribution in [0.15, 0.2) is 42.5 Å². The molecule has 2 aromatic rings. The van der Waals surface area contributed by atoms with Crippen molar-refractivity contribution in [1.29, 1.82) is 0 Å². The van der Waals surface area contributed by atoms with Crippen LogP contribution in [-0.4, -0.2) is 34.2 Å². The van der Waals surface area contributed by atoms with E-state index >= 15 is 0 Å². The Morgan fingerprint density at radius 3 is 2.48 bits per heavy atom. The molecule has 1 N–H and O–H groups in total. The Labute approximate surface area is 155 Å². The maximum atomic E-state index is 12.3. The molecule has 2 rings (SSSR count). The maximum Gasteiger partial charge on any atom is 0.293 e. The lowest BCUT2D eigenvalue weighted by atomic mass is 10.1. The highest BCUT2D eigenvalue weighted by atomic mass is 16.6. The van der Waals surface area contributed by atoms with Crippen LogP contribution in [0, 0.1) is 27.2 Å². The summed E-state index contributed by atoms with van der Waals surface area (Å²) in [6, 6.07) is 10.5. The fraction of sp³-hybridized carbons (Fsp3) is 0.278. The van der Waals surface area contributed by atoms with Gasteiger partial charge in [-0.1, -0.05) is 18.2 Å². The van der Waals surface area contributed by atoms with Crippen LogP contribution in [0.1, 0.15) is 24.1 Å². The SMILES string of the molecule is Cc1ccc(NC(=O)CN(C)C(C)c2cccc([N+](=O)[O-])c2)c([N+](=O)[O-])c1. The van der Waals surface area contributed by atoms with Crippen molar-refractivity contribution in [1.82, 2.24) is 4.90 Å². The molecule has 0 aliphatic carbocycles. The molecule has 27 heavy (non-hydrogen) atoms. The van der Waals surface area contributed by atoms with E-state index in [0.29, 0.717) is 5.56 Å². The monoisotopic (exact) mass is 372 g/mol. The van der Waals surface area contributed by atoms with Gasteiger partial charge < -0.3 is 5.32 Å². The molecule has 1 unspecified atom stereocenters. The minimum Gasteiger partial charge on any atom is -0.319 e. The Hall–Kier alpha value is -3.33. The number of benzene rings is 2. The van der Waals surface area contributed by atoms with Gasteiger partial charge >= 0.3 is 0 Å². The van der Waals surface area contributed by atoms with Crippen molar-refractivity contribution in [3.05, 3.63) is 73.8 Å². The van der Waals surface area contributed by atoms with Gasteiger partial charge in [0.25, 0.3) is 11.4 Å². The number of amides is 1. The van der Waals surface area contributed by atoms with Gasteiger partial charge in [-0.25, -0.2) is 0 Å². The molecule has 1 amide bonds. The molecule has 0 saturated carbocycles. The Balaban J connectivity index is 2.08. The number of rotatable bonds is 7. The van der Waals surface area contributed by atoms with Crippen LogP contribution >= 0.6 is 0 Å². The molecule has 0 spiro atoms. The van der Waals surface area contributed by atoms with E-state index in [0.717, 1.165) is 5.56 Å². The minimum absolute atomic E-state index is 0.0209. The second-order valence-electron chi connectivity index (χ2n) is 6.27. The number of aryl methyl sites for hydroxylation is 1. The summed E-state index contributed by atoms with van der Waals surface area (Å²) in [7, 11) is 1.70. The third kappa shape index (κ3) is 5.08. The molecule has 9 nitrogen and oxygen atoms in total. The van der Waals surface area contributed by atoms with Gasteiger partial charge in [-0.15, -0.1) is 0 Å². The molecule has 2 aromatic carbocycles. The molecule has 0 heterocycles. The number of carbonyl (C=O) groups excluding carboxylic acids is 1. The summed E-state index contributed by atoms with van der Waals surface area (Å²) in [5.74, 6) is -0.415. The van der Waals surface area contributed by atoms with Crippen LogP contribution in [0.2, 0.25) is 0 Å². The second kappa shape index (κ2) is 8.37. The van der Waals surface area contributed by atoms with E-state index < -0.39 is 15.8 Å². The number of nitrogens with zero attached hydrogens (tertiary/aromatic N) is 3. The molecule has 0 fully saturated rings. The van der Waals surface area contributed by atoms with E-state index in [1.165, 1.54) is 24.3 Å². The van der Waals surface area contributed by atoms with Crippen molar-refractivity contribution in [2.45, 2.75) is 19.9 Å². The molecular weight excluding hydrogens is 352 g/mol. The largest absolute Gasteiger partial charge is 0.319 e. The third-order valence-electron chi connectivity index (χ3n) is 4.24. The number of carbonyl (C=O) groups is 1. The predicted molar refractivity (Wildman–Crippen MR) is 101 cm³/mol. The number of non-ortho nitro benzene ring substituents is 1. The minimum atomic E-state index is -0.544. The highest BCUT2D eigenvalue weighted by molar-refractivity contribution is 5.94. The number of hydrogen-bond acceptors (Lipinski definition) is 6. The zero-order valence-electron chi connectivity index (χ0n) is 15.2. The number of anilines is 1. The van der Waals surface area contributed by atoms with Crippen LogP contribution in [0.3, 0.4) is 0 Å². The van der Waals surface area contributed by atoms with Crippen molar-refractivity contribution in [2.75, 3.05) is 18.9 Å². The molecule has 0 bridgehead atoms.